The van der Waals surface area contributed by atoms with Crippen molar-refractivity contribution < 1.29 is 14.7 Å². The standard InChI is InChI=1S/C16H22N2O3/c1-18(16(21)12-7-3-2-4-8-12)11-15(20)17-13-9-5-6-10-14(13)19/h2-4,7-8,13-14,19H,5-6,9-11H2,1H3,(H,17,20)/t13-,14-/m0/s1. The molecule has 5 heteroatoms. The highest BCUT2D eigenvalue weighted by Crippen LogP contribution is 2.18. The number of amides is 2. The van der Waals surface area contributed by atoms with E-state index in [0.29, 0.717) is 5.56 Å². The van der Waals surface area contributed by atoms with Gasteiger partial charge in [-0.25, -0.2) is 0 Å². The van der Waals surface area contributed by atoms with Gasteiger partial charge >= 0.3 is 0 Å². The Bertz CT molecular complexity index is 490. The average molecular weight is 290 g/mol. The van der Waals surface area contributed by atoms with E-state index in [4.69, 9.17) is 0 Å². The van der Waals surface area contributed by atoms with Crippen molar-refractivity contribution in [2.24, 2.45) is 0 Å². The second-order valence-electron chi connectivity index (χ2n) is 5.55. The minimum absolute atomic E-state index is 0.00303. The third kappa shape index (κ3) is 4.29. The van der Waals surface area contributed by atoms with Crippen LogP contribution in [-0.2, 0) is 4.79 Å². The van der Waals surface area contributed by atoms with Crippen molar-refractivity contribution in [1.82, 2.24) is 10.2 Å². The third-order valence-electron chi connectivity index (χ3n) is 3.82. The van der Waals surface area contributed by atoms with E-state index in [-0.39, 0.29) is 24.4 Å². The zero-order valence-electron chi connectivity index (χ0n) is 12.3. The second kappa shape index (κ2) is 7.22. The highest BCUT2D eigenvalue weighted by Gasteiger charge is 2.25. The number of aliphatic hydroxyl groups excluding tert-OH is 1. The number of likely N-dealkylation sites (N-methyl/N-ethyl adjacent to an activating group) is 1. The molecular weight excluding hydrogens is 268 g/mol. The normalized spacial score (nSPS) is 21.6. The summed E-state index contributed by atoms with van der Waals surface area (Å²) in [5.74, 6) is -0.414. The molecule has 2 rings (SSSR count). The van der Waals surface area contributed by atoms with Crippen LogP contribution in [0.2, 0.25) is 0 Å². The number of benzene rings is 1. The fourth-order valence-corrected chi connectivity index (χ4v) is 2.62. The molecule has 1 aliphatic carbocycles. The predicted molar refractivity (Wildman–Crippen MR) is 79.8 cm³/mol. The van der Waals surface area contributed by atoms with Gasteiger partial charge in [-0.05, 0) is 25.0 Å². The van der Waals surface area contributed by atoms with Crippen molar-refractivity contribution in [2.45, 2.75) is 37.8 Å². The molecule has 1 saturated carbocycles. The zero-order chi connectivity index (χ0) is 15.2. The smallest absolute Gasteiger partial charge is 0.254 e. The summed E-state index contributed by atoms with van der Waals surface area (Å²) in [4.78, 5) is 25.5. The summed E-state index contributed by atoms with van der Waals surface area (Å²) >= 11 is 0. The summed E-state index contributed by atoms with van der Waals surface area (Å²) < 4.78 is 0. The van der Waals surface area contributed by atoms with Crippen molar-refractivity contribution in [3.8, 4) is 0 Å². The number of aliphatic hydroxyl groups is 1. The number of rotatable bonds is 4. The van der Waals surface area contributed by atoms with E-state index in [0.717, 1.165) is 25.7 Å². The quantitative estimate of drug-likeness (QED) is 0.875. The van der Waals surface area contributed by atoms with Crippen molar-refractivity contribution >= 4 is 11.8 Å². The Morgan fingerprint density at radius 3 is 2.57 bits per heavy atom. The molecule has 2 atom stereocenters. The van der Waals surface area contributed by atoms with Gasteiger partial charge in [-0.2, -0.15) is 0 Å². The largest absolute Gasteiger partial charge is 0.391 e. The lowest BCUT2D eigenvalue weighted by Gasteiger charge is -2.29. The Labute approximate surface area is 125 Å². The highest BCUT2D eigenvalue weighted by atomic mass is 16.3. The lowest BCUT2D eigenvalue weighted by atomic mass is 9.92. The van der Waals surface area contributed by atoms with E-state index in [2.05, 4.69) is 5.32 Å². The molecule has 114 valence electrons. The molecule has 0 spiro atoms. The van der Waals surface area contributed by atoms with Gasteiger partial charge in [0.25, 0.3) is 5.91 Å². The van der Waals surface area contributed by atoms with Gasteiger partial charge in [0.1, 0.15) is 0 Å². The lowest BCUT2D eigenvalue weighted by Crippen LogP contribution is -2.48. The number of nitrogens with one attached hydrogen (secondary N) is 1. The molecule has 2 N–H and O–H groups in total. The molecule has 0 unspecified atom stereocenters. The van der Waals surface area contributed by atoms with Crippen LogP contribution < -0.4 is 5.32 Å². The van der Waals surface area contributed by atoms with Crippen molar-refractivity contribution in [3.05, 3.63) is 35.9 Å². The SMILES string of the molecule is CN(CC(=O)N[C@H]1CCCC[C@@H]1O)C(=O)c1ccccc1. The molecule has 0 heterocycles. The summed E-state index contributed by atoms with van der Waals surface area (Å²) in [6.07, 6.45) is 3.06. The molecule has 0 saturated heterocycles. The first-order valence-corrected chi connectivity index (χ1v) is 7.36. The Hall–Kier alpha value is -1.88. The molecule has 0 bridgehead atoms. The molecular formula is C16H22N2O3. The van der Waals surface area contributed by atoms with Crippen LogP contribution in [0, 0.1) is 0 Å². The number of carbonyl (C=O) groups is 2. The molecule has 1 aliphatic rings. The molecule has 1 aromatic carbocycles. The van der Waals surface area contributed by atoms with E-state index >= 15 is 0 Å². The van der Waals surface area contributed by atoms with E-state index in [9.17, 15) is 14.7 Å². The van der Waals surface area contributed by atoms with Gasteiger partial charge in [0.2, 0.25) is 5.91 Å². The molecule has 2 amide bonds. The van der Waals surface area contributed by atoms with E-state index in [1.54, 1.807) is 31.3 Å². The maximum Gasteiger partial charge on any atom is 0.254 e. The minimum Gasteiger partial charge on any atom is -0.391 e. The second-order valence-corrected chi connectivity index (χ2v) is 5.55. The van der Waals surface area contributed by atoms with Crippen LogP contribution in [0.1, 0.15) is 36.0 Å². The molecule has 0 aliphatic heterocycles. The topological polar surface area (TPSA) is 69.6 Å². The Balaban J connectivity index is 1.85. The van der Waals surface area contributed by atoms with Gasteiger partial charge in [0.15, 0.2) is 0 Å². The predicted octanol–water partition coefficient (Wildman–Crippen LogP) is 1.18. The van der Waals surface area contributed by atoms with Crippen LogP contribution in [0.5, 0.6) is 0 Å². The van der Waals surface area contributed by atoms with Crippen LogP contribution in [0.4, 0.5) is 0 Å². The molecule has 1 aromatic rings. The third-order valence-corrected chi connectivity index (χ3v) is 3.82. The Morgan fingerprint density at radius 2 is 1.90 bits per heavy atom. The number of hydrogen-bond donors (Lipinski definition) is 2. The van der Waals surface area contributed by atoms with Gasteiger partial charge in [0.05, 0.1) is 18.7 Å². The molecule has 1 fully saturated rings. The van der Waals surface area contributed by atoms with Crippen molar-refractivity contribution in [3.63, 3.8) is 0 Å². The van der Waals surface area contributed by atoms with Gasteiger partial charge in [-0.15, -0.1) is 0 Å². The maximum atomic E-state index is 12.1. The van der Waals surface area contributed by atoms with Crippen LogP contribution in [0.25, 0.3) is 0 Å². The Kier molecular flexibility index (Phi) is 5.33. The van der Waals surface area contributed by atoms with Gasteiger partial charge in [-0.1, -0.05) is 31.0 Å². The molecule has 0 radical (unpaired) electrons. The fourth-order valence-electron chi connectivity index (χ4n) is 2.62. The molecule has 0 aromatic heterocycles. The maximum absolute atomic E-state index is 12.1. The Morgan fingerprint density at radius 1 is 1.24 bits per heavy atom. The van der Waals surface area contributed by atoms with Crippen molar-refractivity contribution in [2.75, 3.05) is 13.6 Å². The summed E-state index contributed by atoms with van der Waals surface area (Å²) in [6.45, 7) is -0.00303. The monoisotopic (exact) mass is 290 g/mol. The molecule has 21 heavy (non-hydrogen) atoms. The lowest BCUT2D eigenvalue weighted by molar-refractivity contribution is -0.123. The number of hydrogen-bond acceptors (Lipinski definition) is 3. The van der Waals surface area contributed by atoms with Crippen LogP contribution >= 0.6 is 0 Å². The van der Waals surface area contributed by atoms with Gasteiger partial charge < -0.3 is 15.3 Å². The van der Waals surface area contributed by atoms with Gasteiger partial charge in [-0.3, -0.25) is 9.59 Å². The van der Waals surface area contributed by atoms with Crippen LogP contribution in [0.15, 0.2) is 30.3 Å². The van der Waals surface area contributed by atoms with E-state index in [1.807, 2.05) is 6.07 Å². The molecule has 5 nitrogen and oxygen atoms in total. The van der Waals surface area contributed by atoms with Gasteiger partial charge in [0, 0.05) is 12.6 Å². The zero-order valence-corrected chi connectivity index (χ0v) is 12.3. The number of carbonyl (C=O) groups excluding carboxylic acids is 2. The van der Waals surface area contributed by atoms with Crippen LogP contribution in [0.3, 0.4) is 0 Å². The minimum atomic E-state index is -0.474. The van der Waals surface area contributed by atoms with Crippen LogP contribution in [-0.4, -0.2) is 47.6 Å². The summed E-state index contributed by atoms with van der Waals surface area (Å²) in [7, 11) is 1.60. The summed E-state index contributed by atoms with van der Waals surface area (Å²) in [5, 5.41) is 12.7. The van der Waals surface area contributed by atoms with Crippen molar-refractivity contribution in [1.29, 1.82) is 0 Å². The van der Waals surface area contributed by atoms with E-state index in [1.165, 1.54) is 4.90 Å². The fraction of sp³-hybridized carbons (Fsp3) is 0.500. The summed E-state index contributed by atoms with van der Waals surface area (Å²) in [6, 6.07) is 8.68. The highest BCUT2D eigenvalue weighted by molar-refractivity contribution is 5.96. The average Bonchev–Trinajstić information content (AvgIpc) is 2.49. The summed E-state index contributed by atoms with van der Waals surface area (Å²) in [5.41, 5.74) is 0.561. The first-order chi connectivity index (χ1) is 10.1. The first kappa shape index (κ1) is 15.5. The first-order valence-electron chi connectivity index (χ1n) is 7.36. The number of nitrogens with zero attached hydrogens (tertiary/aromatic N) is 1. The van der Waals surface area contributed by atoms with E-state index < -0.39 is 6.10 Å².